The Balaban J connectivity index is 2.55. The Morgan fingerprint density at radius 1 is 1.23 bits per heavy atom. The van der Waals surface area contributed by atoms with Crippen LogP contribution < -0.4 is 5.43 Å². The summed E-state index contributed by atoms with van der Waals surface area (Å²) in [5, 5.41) is 0. The number of nitrogens with one attached hydrogen (secondary N) is 1. The van der Waals surface area contributed by atoms with Crippen LogP contribution in [0.1, 0.15) is 34.6 Å². The highest BCUT2D eigenvalue weighted by atomic mass is 127. The third-order valence-corrected chi connectivity index (χ3v) is 2.73. The molecular weight excluding hydrogens is 273 g/mol. The molecule has 1 heterocycles. The van der Waals surface area contributed by atoms with Crippen molar-refractivity contribution < 1.29 is 0 Å². The van der Waals surface area contributed by atoms with E-state index in [9.17, 15) is 0 Å². The maximum atomic E-state index is 3.49. The SMILES string of the molecule is CC(C)(C)C1[B][B]N(C(C)(C)I)N1. The van der Waals surface area contributed by atoms with Crippen molar-refractivity contribution in [3.8, 4) is 0 Å². The van der Waals surface area contributed by atoms with E-state index in [0.29, 0.717) is 5.94 Å². The highest BCUT2D eigenvalue weighted by molar-refractivity contribution is 14.1. The van der Waals surface area contributed by atoms with Crippen molar-refractivity contribution in [1.82, 2.24) is 10.3 Å². The van der Waals surface area contributed by atoms with E-state index < -0.39 is 0 Å². The molecule has 0 saturated carbocycles. The minimum Gasteiger partial charge on any atom is -0.287 e. The lowest BCUT2D eigenvalue weighted by Gasteiger charge is -2.35. The Hall–Kier alpha value is 0.780. The average molecular weight is 290 g/mol. The molecule has 0 aliphatic carbocycles. The first-order valence-electron chi connectivity index (χ1n) is 4.64. The molecule has 1 N–H and O–H groups in total. The van der Waals surface area contributed by atoms with Crippen LogP contribution in [0.5, 0.6) is 0 Å². The van der Waals surface area contributed by atoms with Gasteiger partial charge in [0.05, 0.1) is 3.55 Å². The Morgan fingerprint density at radius 3 is 2.00 bits per heavy atom. The van der Waals surface area contributed by atoms with E-state index >= 15 is 0 Å². The molecule has 0 spiro atoms. The van der Waals surface area contributed by atoms with E-state index in [4.69, 9.17) is 0 Å². The van der Waals surface area contributed by atoms with Gasteiger partial charge in [-0.05, 0) is 25.2 Å². The zero-order valence-electron chi connectivity index (χ0n) is 9.06. The molecule has 1 atom stereocenters. The fourth-order valence-corrected chi connectivity index (χ4v) is 1.52. The normalized spacial score (nSPS) is 25.5. The van der Waals surface area contributed by atoms with Crippen LogP contribution >= 0.6 is 22.6 Å². The maximum Gasteiger partial charge on any atom is 0.185 e. The number of hydrogen-bond donors (Lipinski definition) is 1. The molecule has 0 amide bonds. The van der Waals surface area contributed by atoms with Gasteiger partial charge in [0.2, 0.25) is 0 Å². The van der Waals surface area contributed by atoms with Crippen LogP contribution in [0.4, 0.5) is 0 Å². The predicted molar refractivity (Wildman–Crippen MR) is 67.8 cm³/mol. The van der Waals surface area contributed by atoms with Gasteiger partial charge in [-0.3, -0.25) is 10.3 Å². The van der Waals surface area contributed by atoms with E-state index in [0.717, 1.165) is 0 Å². The molecule has 1 aliphatic heterocycles. The molecule has 0 aromatic carbocycles. The standard InChI is InChI=1S/C8H17B2IN2/c1-7(2,3)6-9-10-13(12-6)8(4,5)11/h6,12H,1-5H3. The number of halogens is 1. The second-order valence-electron chi connectivity index (χ2n) is 5.09. The van der Waals surface area contributed by atoms with Gasteiger partial charge in [-0.2, -0.15) is 0 Å². The Kier molecular flexibility index (Phi) is 3.41. The van der Waals surface area contributed by atoms with Gasteiger partial charge in [-0.15, -0.1) is 0 Å². The van der Waals surface area contributed by atoms with Crippen molar-refractivity contribution in [2.75, 3.05) is 0 Å². The van der Waals surface area contributed by atoms with Gasteiger partial charge < -0.3 is 0 Å². The predicted octanol–water partition coefficient (Wildman–Crippen LogP) is 1.59. The summed E-state index contributed by atoms with van der Waals surface area (Å²) in [6, 6.07) is 0. The first-order valence-corrected chi connectivity index (χ1v) is 5.72. The monoisotopic (exact) mass is 290 g/mol. The second kappa shape index (κ2) is 3.74. The van der Waals surface area contributed by atoms with E-state index in [-0.39, 0.29) is 8.96 Å². The molecule has 0 aromatic heterocycles. The molecule has 0 bridgehead atoms. The van der Waals surface area contributed by atoms with Gasteiger partial charge in [0.15, 0.2) is 7.31 Å². The van der Waals surface area contributed by atoms with Crippen molar-refractivity contribution in [3.63, 3.8) is 0 Å². The lowest BCUT2D eigenvalue weighted by atomic mass is 9.41. The maximum absolute atomic E-state index is 3.49. The van der Waals surface area contributed by atoms with Crippen molar-refractivity contribution in [3.05, 3.63) is 0 Å². The van der Waals surface area contributed by atoms with Gasteiger partial charge in [-0.25, -0.2) is 0 Å². The topological polar surface area (TPSA) is 15.3 Å². The quantitative estimate of drug-likeness (QED) is 0.341. The summed E-state index contributed by atoms with van der Waals surface area (Å²) in [5.41, 5.74) is 3.77. The smallest absolute Gasteiger partial charge is 0.185 e. The van der Waals surface area contributed by atoms with Crippen LogP contribution in [-0.4, -0.2) is 28.9 Å². The first-order chi connectivity index (χ1) is 5.71. The summed E-state index contributed by atoms with van der Waals surface area (Å²) in [6.07, 6.45) is 0. The minimum absolute atomic E-state index is 0.133. The highest BCUT2D eigenvalue weighted by Crippen LogP contribution is 2.27. The van der Waals surface area contributed by atoms with Gasteiger partial charge in [0.25, 0.3) is 0 Å². The zero-order chi connectivity index (χ0) is 10.3. The van der Waals surface area contributed by atoms with Crippen LogP contribution in [0.25, 0.3) is 0 Å². The van der Waals surface area contributed by atoms with Crippen molar-refractivity contribution in [2.24, 2.45) is 5.41 Å². The molecule has 1 fully saturated rings. The van der Waals surface area contributed by atoms with E-state index in [1.165, 1.54) is 0 Å². The van der Waals surface area contributed by atoms with Gasteiger partial charge in [0.1, 0.15) is 7.17 Å². The molecular formula is C8H17B2IN2. The molecule has 5 heteroatoms. The van der Waals surface area contributed by atoms with Gasteiger partial charge in [0, 0.05) is 0 Å². The second-order valence-corrected chi connectivity index (χ2v) is 7.73. The molecule has 1 saturated heterocycles. The third kappa shape index (κ3) is 3.13. The van der Waals surface area contributed by atoms with E-state index in [2.05, 4.69) is 82.0 Å². The summed E-state index contributed by atoms with van der Waals surface area (Å²) in [6.45, 7) is 11.1. The Bertz CT molecular complexity index is 166. The molecule has 1 rings (SSSR count). The number of hydrazine groups is 1. The van der Waals surface area contributed by atoms with Crippen LogP contribution in [0, 0.1) is 5.41 Å². The summed E-state index contributed by atoms with van der Waals surface area (Å²) in [5.74, 6) is 0.446. The lowest BCUT2D eigenvalue weighted by Crippen LogP contribution is -2.49. The lowest BCUT2D eigenvalue weighted by molar-refractivity contribution is 0.208. The van der Waals surface area contributed by atoms with Gasteiger partial charge in [-0.1, -0.05) is 43.4 Å². The highest BCUT2D eigenvalue weighted by Gasteiger charge is 2.37. The van der Waals surface area contributed by atoms with Crippen LogP contribution in [0.2, 0.25) is 0 Å². The van der Waals surface area contributed by atoms with Crippen LogP contribution in [-0.2, 0) is 0 Å². The molecule has 1 aliphatic rings. The zero-order valence-corrected chi connectivity index (χ0v) is 11.2. The van der Waals surface area contributed by atoms with Crippen molar-refractivity contribution in [1.29, 1.82) is 0 Å². The van der Waals surface area contributed by atoms with E-state index in [1.54, 1.807) is 0 Å². The first kappa shape index (κ1) is 11.9. The summed E-state index contributed by atoms with van der Waals surface area (Å²) < 4.78 is 0.133. The summed E-state index contributed by atoms with van der Waals surface area (Å²) in [4.78, 5) is 2.17. The van der Waals surface area contributed by atoms with Gasteiger partial charge >= 0.3 is 0 Å². The number of hydrogen-bond acceptors (Lipinski definition) is 2. The van der Waals surface area contributed by atoms with Crippen molar-refractivity contribution >= 4 is 37.1 Å². The molecule has 13 heavy (non-hydrogen) atoms. The summed E-state index contributed by atoms with van der Waals surface area (Å²) >= 11 is 2.43. The molecule has 72 valence electrons. The number of nitrogens with zero attached hydrogens (tertiary/aromatic N) is 1. The fraction of sp³-hybridized carbons (Fsp3) is 1.00. The van der Waals surface area contributed by atoms with Crippen LogP contribution in [0.3, 0.4) is 0 Å². The average Bonchev–Trinajstić information content (AvgIpc) is 2.28. The molecule has 1 unspecified atom stereocenters. The van der Waals surface area contributed by atoms with E-state index in [1.807, 2.05) is 0 Å². The largest absolute Gasteiger partial charge is 0.287 e. The number of alkyl halides is 1. The minimum atomic E-state index is 0.133. The fourth-order valence-electron chi connectivity index (χ4n) is 1.22. The Morgan fingerprint density at radius 2 is 1.77 bits per heavy atom. The molecule has 0 aromatic rings. The Labute approximate surface area is 96.8 Å². The number of rotatable bonds is 1. The summed E-state index contributed by atoms with van der Waals surface area (Å²) in [7, 11) is 4.38. The molecule has 2 nitrogen and oxygen atoms in total. The molecule has 2 radical (unpaired) electrons. The van der Waals surface area contributed by atoms with Crippen molar-refractivity contribution in [2.45, 2.75) is 44.1 Å². The third-order valence-electron chi connectivity index (χ3n) is 2.21. The van der Waals surface area contributed by atoms with Crippen LogP contribution in [0.15, 0.2) is 0 Å².